The zero-order valence-electron chi connectivity index (χ0n) is 10.9. The van der Waals surface area contributed by atoms with E-state index < -0.39 is 17.3 Å². The van der Waals surface area contributed by atoms with Crippen molar-refractivity contribution < 1.29 is 9.50 Å². The Kier molecular flexibility index (Phi) is 3.26. The molecule has 0 fully saturated rings. The third-order valence-electron chi connectivity index (χ3n) is 2.88. The molecule has 0 radical (unpaired) electrons. The van der Waals surface area contributed by atoms with Gasteiger partial charge in [-0.2, -0.15) is 4.98 Å². The van der Waals surface area contributed by atoms with Crippen LogP contribution in [0.5, 0.6) is 5.88 Å². The molecule has 0 atom stereocenters. The second-order valence-electron chi connectivity index (χ2n) is 4.38. The minimum atomic E-state index is -0.547. The Hall–Kier alpha value is -2.54. The van der Waals surface area contributed by atoms with Crippen molar-refractivity contribution in [2.75, 3.05) is 0 Å². The third kappa shape index (κ3) is 2.55. The largest absolute Gasteiger partial charge is 0.493 e. The van der Waals surface area contributed by atoms with E-state index in [1.165, 1.54) is 35.6 Å². The van der Waals surface area contributed by atoms with E-state index in [0.29, 0.717) is 5.69 Å². The Morgan fingerprint density at radius 1 is 1.33 bits per heavy atom. The highest BCUT2D eigenvalue weighted by Crippen LogP contribution is 2.26. The van der Waals surface area contributed by atoms with Crippen LogP contribution in [0.3, 0.4) is 0 Å². The Morgan fingerprint density at radius 3 is 2.76 bits per heavy atom. The van der Waals surface area contributed by atoms with Gasteiger partial charge in [-0.05, 0) is 24.6 Å². The average Bonchev–Trinajstić information content (AvgIpc) is 2.85. The van der Waals surface area contributed by atoms with E-state index in [1.807, 2.05) is 6.92 Å². The first-order valence-electron chi connectivity index (χ1n) is 6.06. The van der Waals surface area contributed by atoms with E-state index in [9.17, 15) is 14.3 Å². The van der Waals surface area contributed by atoms with Gasteiger partial charge in [0.05, 0.1) is 5.01 Å². The Morgan fingerprint density at radius 2 is 2.14 bits per heavy atom. The van der Waals surface area contributed by atoms with Crippen LogP contribution >= 0.6 is 11.3 Å². The maximum absolute atomic E-state index is 13.2. The van der Waals surface area contributed by atoms with E-state index >= 15 is 0 Å². The number of hydrogen-bond donors (Lipinski definition) is 2. The highest BCUT2D eigenvalue weighted by Gasteiger charge is 2.15. The van der Waals surface area contributed by atoms with Gasteiger partial charge in [0.25, 0.3) is 5.56 Å². The zero-order chi connectivity index (χ0) is 15.0. The van der Waals surface area contributed by atoms with Gasteiger partial charge in [-0.3, -0.25) is 4.79 Å². The topological polar surface area (TPSA) is 78.9 Å². The first kappa shape index (κ1) is 13.4. The summed E-state index contributed by atoms with van der Waals surface area (Å²) in [5.41, 5.74) is 0.136. The summed E-state index contributed by atoms with van der Waals surface area (Å²) in [4.78, 5) is 22.8. The summed E-state index contributed by atoms with van der Waals surface area (Å²) in [7, 11) is 0. The molecule has 2 aromatic heterocycles. The lowest BCUT2D eigenvalue weighted by Crippen LogP contribution is -2.12. The van der Waals surface area contributed by atoms with Gasteiger partial charge in [0.15, 0.2) is 5.82 Å². The molecule has 106 valence electrons. The Bertz CT molecular complexity index is 873. The molecule has 3 rings (SSSR count). The lowest BCUT2D eigenvalue weighted by molar-refractivity contribution is 0.454. The van der Waals surface area contributed by atoms with Crippen LogP contribution in [-0.2, 0) is 0 Å². The second-order valence-corrected chi connectivity index (χ2v) is 5.44. The second kappa shape index (κ2) is 5.10. The molecule has 7 heteroatoms. The molecular weight excluding hydrogens is 293 g/mol. The van der Waals surface area contributed by atoms with Crippen molar-refractivity contribution in [3.8, 4) is 28.5 Å². The van der Waals surface area contributed by atoms with Crippen molar-refractivity contribution >= 4 is 11.3 Å². The van der Waals surface area contributed by atoms with E-state index in [-0.39, 0.29) is 17.0 Å². The SMILES string of the molecule is Cc1nc(-c2nc(O)c(-c3cccc(F)c3)c(=O)[nH]2)cs1. The fourth-order valence-electron chi connectivity index (χ4n) is 1.96. The van der Waals surface area contributed by atoms with Gasteiger partial charge in [0, 0.05) is 5.38 Å². The van der Waals surface area contributed by atoms with Crippen LogP contribution in [0, 0.1) is 12.7 Å². The molecular formula is C14H10FN3O2S. The molecule has 2 N–H and O–H groups in total. The fraction of sp³-hybridized carbons (Fsp3) is 0.0714. The number of hydrogen-bond acceptors (Lipinski definition) is 5. The van der Waals surface area contributed by atoms with Gasteiger partial charge in [0.1, 0.15) is 17.1 Å². The highest BCUT2D eigenvalue weighted by molar-refractivity contribution is 7.09. The molecule has 0 unspecified atom stereocenters. The number of nitrogens with one attached hydrogen (secondary N) is 1. The first-order valence-corrected chi connectivity index (χ1v) is 6.94. The summed E-state index contributed by atoms with van der Waals surface area (Å²) >= 11 is 1.41. The summed E-state index contributed by atoms with van der Waals surface area (Å²) in [6.45, 7) is 1.83. The monoisotopic (exact) mass is 303 g/mol. The molecule has 5 nitrogen and oxygen atoms in total. The van der Waals surface area contributed by atoms with Crippen molar-refractivity contribution in [1.82, 2.24) is 15.0 Å². The molecule has 3 aromatic rings. The van der Waals surface area contributed by atoms with Crippen molar-refractivity contribution in [3.05, 3.63) is 50.8 Å². The number of halogens is 1. The first-order chi connectivity index (χ1) is 10.0. The molecule has 1 aromatic carbocycles. The van der Waals surface area contributed by atoms with Crippen LogP contribution in [0.2, 0.25) is 0 Å². The number of rotatable bonds is 2. The molecule has 2 heterocycles. The smallest absolute Gasteiger partial charge is 0.262 e. The predicted molar refractivity (Wildman–Crippen MR) is 77.8 cm³/mol. The summed E-state index contributed by atoms with van der Waals surface area (Å²) in [5.74, 6) is -0.766. The summed E-state index contributed by atoms with van der Waals surface area (Å²) in [5, 5.41) is 12.6. The third-order valence-corrected chi connectivity index (χ3v) is 3.65. The molecule has 0 bridgehead atoms. The van der Waals surface area contributed by atoms with Crippen LogP contribution in [0.25, 0.3) is 22.6 Å². The Balaban J connectivity index is 2.15. The standard InChI is InChI=1S/C14H10FN3O2S/c1-7-16-10(6-21-7)12-17-13(19)11(14(20)18-12)8-3-2-4-9(15)5-8/h2-6H,1H3,(H2,17,18,19,20). The lowest BCUT2D eigenvalue weighted by atomic mass is 10.1. The predicted octanol–water partition coefficient (Wildman–Crippen LogP) is 2.71. The summed E-state index contributed by atoms with van der Waals surface area (Å²) in [6.07, 6.45) is 0. The summed E-state index contributed by atoms with van der Waals surface area (Å²) < 4.78 is 13.2. The zero-order valence-corrected chi connectivity index (χ0v) is 11.7. The molecule has 0 saturated heterocycles. The highest BCUT2D eigenvalue weighted by atomic mass is 32.1. The number of nitrogens with zero attached hydrogens (tertiary/aromatic N) is 2. The molecule has 0 aliphatic carbocycles. The molecule has 0 aliphatic heterocycles. The van der Waals surface area contributed by atoms with Crippen LogP contribution in [0.4, 0.5) is 4.39 Å². The number of aromatic amines is 1. The van der Waals surface area contributed by atoms with Gasteiger partial charge in [0.2, 0.25) is 5.88 Å². The van der Waals surface area contributed by atoms with Crippen molar-refractivity contribution in [2.45, 2.75) is 6.92 Å². The Labute approximate surface area is 122 Å². The number of H-pyrrole nitrogens is 1. The minimum Gasteiger partial charge on any atom is -0.493 e. The van der Waals surface area contributed by atoms with E-state index in [4.69, 9.17) is 0 Å². The fourth-order valence-corrected chi connectivity index (χ4v) is 2.56. The molecule has 0 aliphatic rings. The minimum absolute atomic E-state index is 0.0646. The maximum atomic E-state index is 13.2. The van der Waals surface area contributed by atoms with E-state index in [0.717, 1.165) is 5.01 Å². The average molecular weight is 303 g/mol. The molecule has 0 amide bonds. The van der Waals surface area contributed by atoms with Crippen LogP contribution in [0.15, 0.2) is 34.4 Å². The maximum Gasteiger partial charge on any atom is 0.262 e. The number of aromatic nitrogens is 3. The van der Waals surface area contributed by atoms with Gasteiger partial charge in [-0.1, -0.05) is 12.1 Å². The van der Waals surface area contributed by atoms with Crippen LogP contribution < -0.4 is 5.56 Å². The van der Waals surface area contributed by atoms with Gasteiger partial charge >= 0.3 is 0 Å². The van der Waals surface area contributed by atoms with E-state index in [1.54, 1.807) is 5.38 Å². The molecule has 0 saturated carbocycles. The lowest BCUT2D eigenvalue weighted by Gasteiger charge is -2.05. The quantitative estimate of drug-likeness (QED) is 0.763. The number of benzene rings is 1. The van der Waals surface area contributed by atoms with Gasteiger partial charge in [-0.25, -0.2) is 9.37 Å². The van der Waals surface area contributed by atoms with Gasteiger partial charge < -0.3 is 10.1 Å². The van der Waals surface area contributed by atoms with Crippen LogP contribution in [0.1, 0.15) is 5.01 Å². The number of aryl methyl sites for hydroxylation is 1. The van der Waals surface area contributed by atoms with Crippen LogP contribution in [-0.4, -0.2) is 20.1 Å². The van der Waals surface area contributed by atoms with Crippen molar-refractivity contribution in [2.24, 2.45) is 0 Å². The van der Waals surface area contributed by atoms with E-state index in [2.05, 4.69) is 15.0 Å². The van der Waals surface area contributed by atoms with Crippen molar-refractivity contribution in [1.29, 1.82) is 0 Å². The molecule has 0 spiro atoms. The number of aromatic hydroxyl groups is 1. The number of thiazole rings is 1. The van der Waals surface area contributed by atoms with Gasteiger partial charge in [-0.15, -0.1) is 11.3 Å². The molecule has 21 heavy (non-hydrogen) atoms. The summed E-state index contributed by atoms with van der Waals surface area (Å²) in [6, 6.07) is 5.41. The van der Waals surface area contributed by atoms with Crippen molar-refractivity contribution in [3.63, 3.8) is 0 Å². The normalized spacial score (nSPS) is 10.8.